The Hall–Kier alpha value is -3.64. The Morgan fingerprint density at radius 2 is 1.52 bits per heavy atom. The van der Waals surface area contributed by atoms with Gasteiger partial charge in [0, 0.05) is 45.3 Å². The normalized spacial score (nSPS) is 20.3. The number of amides is 1. The molecule has 3 aromatic rings. The highest BCUT2D eigenvalue weighted by Crippen LogP contribution is 2.52. The number of rotatable bonds is 13. The van der Waals surface area contributed by atoms with Crippen LogP contribution in [0.2, 0.25) is 0 Å². The minimum absolute atomic E-state index is 0.0947. The topological polar surface area (TPSA) is 60.5 Å². The van der Waals surface area contributed by atoms with Gasteiger partial charge in [0.2, 0.25) is 5.75 Å². The van der Waals surface area contributed by atoms with Crippen molar-refractivity contribution >= 4 is 23.5 Å². The summed E-state index contributed by atoms with van der Waals surface area (Å²) in [5, 5.41) is 0. The van der Waals surface area contributed by atoms with Crippen LogP contribution in [0.15, 0.2) is 65.6 Å². The van der Waals surface area contributed by atoms with Gasteiger partial charge in [-0.25, -0.2) is 13.6 Å². The number of ether oxygens (including phenoxy) is 4. The molecule has 1 fully saturated rings. The highest BCUT2D eigenvalue weighted by Gasteiger charge is 2.53. The van der Waals surface area contributed by atoms with Gasteiger partial charge >= 0.3 is 5.91 Å². The van der Waals surface area contributed by atoms with E-state index in [0.717, 1.165) is 56.8 Å². The highest BCUT2D eigenvalue weighted by atomic mass is 32.2. The minimum Gasteiger partial charge on any atom is -0.493 e. The smallest absolute Gasteiger partial charge is 0.338 e. The fourth-order valence-corrected chi connectivity index (χ4v) is 7.96. The van der Waals surface area contributed by atoms with Crippen LogP contribution in [0.25, 0.3) is 0 Å². The molecule has 2 aliphatic rings. The van der Waals surface area contributed by atoms with Crippen molar-refractivity contribution in [2.45, 2.75) is 44.0 Å². The average Bonchev–Trinajstić information content (AvgIpc) is 3.09. The lowest BCUT2D eigenvalue weighted by atomic mass is 9.97. The molecule has 0 aliphatic carbocycles. The van der Waals surface area contributed by atoms with Gasteiger partial charge < -0.3 is 23.8 Å². The fraction of sp³-hybridized carbons (Fsp3) is 0.432. The Morgan fingerprint density at radius 1 is 0.875 bits per heavy atom. The number of hydrogen-bond donors (Lipinski definition) is 0. The third-order valence-corrected chi connectivity index (χ3v) is 10.8. The molecule has 2 unspecified atom stereocenters. The summed E-state index contributed by atoms with van der Waals surface area (Å²) < 4.78 is 51.4. The molecule has 2 atom stereocenters. The number of quaternary nitrogens is 1. The Labute approximate surface area is 286 Å². The molecule has 1 saturated heterocycles. The van der Waals surface area contributed by atoms with E-state index in [9.17, 15) is 13.6 Å². The molecule has 5 rings (SSSR count). The van der Waals surface area contributed by atoms with Gasteiger partial charge in [-0.05, 0) is 74.7 Å². The fourth-order valence-electron chi connectivity index (χ4n) is 6.44. The largest absolute Gasteiger partial charge is 0.493 e. The molecule has 2 aliphatic heterocycles. The molecule has 0 saturated carbocycles. The third kappa shape index (κ3) is 7.49. The van der Waals surface area contributed by atoms with Crippen LogP contribution in [-0.2, 0) is 11.2 Å². The number of benzene rings is 3. The first-order valence-corrected chi connectivity index (χ1v) is 17.1. The quantitative estimate of drug-likeness (QED) is 0.110. The zero-order chi connectivity index (χ0) is 34.4. The molecule has 0 spiro atoms. The molecular formula is C37H46F2N3O5S+. The maximum absolute atomic E-state index is 14.7. The van der Waals surface area contributed by atoms with Crippen LogP contribution in [-0.4, -0.2) is 89.0 Å². The summed E-state index contributed by atoms with van der Waals surface area (Å²) in [6.45, 7) is 11.5. The van der Waals surface area contributed by atoms with E-state index in [1.165, 1.54) is 36.2 Å². The van der Waals surface area contributed by atoms with E-state index in [0.29, 0.717) is 33.6 Å². The molecule has 258 valence electrons. The van der Waals surface area contributed by atoms with E-state index in [1.54, 1.807) is 33.5 Å². The molecular weight excluding hydrogens is 636 g/mol. The number of methoxy groups -OCH3 is 3. The Balaban J connectivity index is 1.16. The van der Waals surface area contributed by atoms with E-state index in [-0.39, 0.29) is 28.3 Å². The van der Waals surface area contributed by atoms with Crippen molar-refractivity contribution in [3.05, 3.63) is 83.4 Å². The van der Waals surface area contributed by atoms with Crippen LogP contribution in [0.1, 0.15) is 37.8 Å². The average molecular weight is 683 g/mol. The summed E-state index contributed by atoms with van der Waals surface area (Å²) in [4.78, 5) is 19.5. The van der Waals surface area contributed by atoms with Crippen LogP contribution in [0.4, 0.5) is 14.5 Å². The molecule has 0 N–H and O–H groups in total. The van der Waals surface area contributed by atoms with Gasteiger partial charge in [-0.3, -0.25) is 4.90 Å². The van der Waals surface area contributed by atoms with Gasteiger partial charge in [0.15, 0.2) is 22.9 Å². The first-order chi connectivity index (χ1) is 23.1. The van der Waals surface area contributed by atoms with E-state index >= 15 is 0 Å². The second-order valence-electron chi connectivity index (χ2n) is 12.4. The predicted molar refractivity (Wildman–Crippen MR) is 186 cm³/mol. The lowest BCUT2D eigenvalue weighted by Crippen LogP contribution is -2.56. The molecule has 0 bridgehead atoms. The Kier molecular flexibility index (Phi) is 11.7. The molecule has 0 aromatic heterocycles. The number of halogens is 2. The van der Waals surface area contributed by atoms with E-state index in [4.69, 9.17) is 18.9 Å². The summed E-state index contributed by atoms with van der Waals surface area (Å²) in [6.07, 6.45) is 4.92. The van der Waals surface area contributed by atoms with Crippen molar-refractivity contribution in [2.24, 2.45) is 0 Å². The molecule has 3 aromatic carbocycles. The predicted octanol–water partition coefficient (Wildman–Crippen LogP) is 6.85. The van der Waals surface area contributed by atoms with E-state index in [1.807, 2.05) is 39.0 Å². The zero-order valence-corrected chi connectivity index (χ0v) is 29.4. The third-order valence-electron chi connectivity index (χ3n) is 9.16. The maximum Gasteiger partial charge on any atom is 0.338 e. The second-order valence-corrected chi connectivity index (χ2v) is 13.6. The van der Waals surface area contributed by atoms with Gasteiger partial charge in [0.25, 0.3) is 0 Å². The minimum atomic E-state index is -0.491. The van der Waals surface area contributed by atoms with Crippen LogP contribution in [0, 0.1) is 11.6 Å². The van der Waals surface area contributed by atoms with Gasteiger partial charge in [0.05, 0.1) is 32.1 Å². The molecule has 0 radical (unpaired) electrons. The molecule has 2 heterocycles. The molecule has 48 heavy (non-hydrogen) atoms. The van der Waals surface area contributed by atoms with Crippen molar-refractivity contribution in [1.29, 1.82) is 0 Å². The second kappa shape index (κ2) is 15.7. The van der Waals surface area contributed by atoms with Crippen LogP contribution in [0.5, 0.6) is 23.0 Å². The molecule has 8 nitrogen and oxygen atoms in total. The number of piperazine rings is 1. The number of nitrogens with zero attached hydrogens (tertiary/aromatic N) is 3. The molecule has 1 amide bonds. The van der Waals surface area contributed by atoms with Crippen molar-refractivity contribution in [2.75, 3.05) is 67.2 Å². The Bertz CT molecular complexity index is 1600. The highest BCUT2D eigenvalue weighted by molar-refractivity contribution is 7.99. The first-order valence-electron chi connectivity index (χ1n) is 16.3. The van der Waals surface area contributed by atoms with Gasteiger partial charge in [0.1, 0.15) is 36.2 Å². The monoisotopic (exact) mass is 682 g/mol. The Morgan fingerprint density at radius 3 is 2.17 bits per heavy atom. The number of hydrogen-bond acceptors (Lipinski definition) is 8. The van der Waals surface area contributed by atoms with E-state index < -0.39 is 11.7 Å². The lowest BCUT2D eigenvalue weighted by Gasteiger charge is -2.42. The lowest BCUT2D eigenvalue weighted by molar-refractivity contribution is -0.128. The van der Waals surface area contributed by atoms with Crippen molar-refractivity contribution < 1.29 is 32.5 Å². The summed E-state index contributed by atoms with van der Waals surface area (Å²) >= 11 is 1.24. The number of carbonyl (C=O) groups is 1. The first kappa shape index (κ1) is 35.7. The van der Waals surface area contributed by atoms with Crippen LogP contribution in [0.3, 0.4) is 0 Å². The number of carbonyl (C=O) groups excluding carboxylic acids is 1. The van der Waals surface area contributed by atoms with Crippen molar-refractivity contribution in [3.63, 3.8) is 0 Å². The van der Waals surface area contributed by atoms with E-state index in [2.05, 4.69) is 15.9 Å². The van der Waals surface area contributed by atoms with Crippen molar-refractivity contribution in [3.8, 4) is 23.0 Å². The SMILES string of the molecule is COc1cc(CCN2CCN(CC=CCOc3ccc(F)cc3[N+]3(C(C)C)Sc4cc(F)ccc4C(C)C3=O)CC2)cc(OC)c1OC. The number of fused-ring (bicyclic) bond motifs is 1. The van der Waals surface area contributed by atoms with Gasteiger partial charge in [-0.1, -0.05) is 18.2 Å². The van der Waals surface area contributed by atoms with Gasteiger partial charge in [-0.15, -0.1) is 0 Å². The molecule has 11 heteroatoms. The standard InChI is InChI=1S/C37H46F2N3O5S/c1-25(2)42(37(43)26(3)30-11-9-29(39)24-35(30)48-42)31-23-28(38)10-12-32(31)47-20-8-7-14-40-16-18-41(19-17-40)15-13-27-21-33(44-4)36(46-6)34(22-27)45-5/h7-12,21-26H,13-20H2,1-6H3/q+1. The summed E-state index contributed by atoms with van der Waals surface area (Å²) in [5.41, 5.74) is 2.34. The zero-order valence-electron chi connectivity index (χ0n) is 28.6. The summed E-state index contributed by atoms with van der Waals surface area (Å²) in [6, 6.07) is 12.6. The maximum atomic E-state index is 14.7. The summed E-state index contributed by atoms with van der Waals surface area (Å²) in [7, 11) is 4.87. The van der Waals surface area contributed by atoms with Crippen molar-refractivity contribution in [1.82, 2.24) is 13.7 Å². The van der Waals surface area contributed by atoms with Crippen LogP contribution < -0.4 is 22.8 Å². The summed E-state index contributed by atoms with van der Waals surface area (Å²) in [5.74, 6) is 0.952. The van der Waals surface area contributed by atoms with Gasteiger partial charge in [-0.2, -0.15) is 3.89 Å². The van der Waals surface area contributed by atoms with Crippen LogP contribution >= 0.6 is 11.9 Å².